The lowest BCUT2D eigenvalue weighted by molar-refractivity contribution is -0.127. The minimum absolute atomic E-state index is 0.000697. The number of thiophene rings is 1. The Balaban J connectivity index is 1.90. The molecule has 8 heteroatoms. The maximum Gasteiger partial charge on any atom is 0.346 e. The highest BCUT2D eigenvalue weighted by Gasteiger charge is 2.11. The van der Waals surface area contributed by atoms with Crippen LogP contribution in [0.3, 0.4) is 0 Å². The summed E-state index contributed by atoms with van der Waals surface area (Å²) in [6.45, 7) is 0.252. The second kappa shape index (κ2) is 6.68. The minimum atomic E-state index is -0.965. The second-order valence-electron chi connectivity index (χ2n) is 4.44. The van der Waals surface area contributed by atoms with Crippen LogP contribution in [0.4, 0.5) is 0 Å². The molecule has 0 unspecified atom stereocenters. The first-order chi connectivity index (χ1) is 9.95. The van der Waals surface area contributed by atoms with Crippen molar-refractivity contribution in [3.63, 3.8) is 0 Å². The first kappa shape index (κ1) is 15.5. The fraction of sp³-hybridized carbons (Fsp3) is 0.308. The average molecular weight is 326 g/mol. The molecular weight excluding hydrogens is 312 g/mol. The van der Waals surface area contributed by atoms with Crippen LogP contribution < -0.4 is 4.74 Å². The van der Waals surface area contributed by atoms with Gasteiger partial charge in [0.15, 0.2) is 0 Å². The third-order valence-electron chi connectivity index (χ3n) is 2.57. The molecule has 0 bridgehead atoms. The van der Waals surface area contributed by atoms with Crippen LogP contribution in [0.25, 0.3) is 0 Å². The third kappa shape index (κ3) is 4.27. The summed E-state index contributed by atoms with van der Waals surface area (Å²) in [6, 6.07) is 1.48. The molecule has 0 fully saturated rings. The standard InChI is InChI=1S/C13H14N2O4S2/c1-15(2)12(16)4-11-14-8(6-21-11)5-19-9-3-10(13(17)18)20-7-9/h3,6-7H,4-5H2,1-2H3,(H,17,18). The topological polar surface area (TPSA) is 79.7 Å². The summed E-state index contributed by atoms with van der Waals surface area (Å²) in [4.78, 5) is 28.4. The monoisotopic (exact) mass is 326 g/mol. The molecule has 2 rings (SSSR count). The van der Waals surface area contributed by atoms with Crippen molar-refractivity contribution in [1.29, 1.82) is 0 Å². The molecule has 0 aliphatic heterocycles. The van der Waals surface area contributed by atoms with Gasteiger partial charge in [-0.3, -0.25) is 4.79 Å². The normalized spacial score (nSPS) is 10.4. The van der Waals surface area contributed by atoms with Gasteiger partial charge >= 0.3 is 5.97 Å². The van der Waals surface area contributed by atoms with Crippen molar-refractivity contribution in [3.8, 4) is 5.75 Å². The number of carboxylic acid groups (broad SMARTS) is 1. The second-order valence-corrected chi connectivity index (χ2v) is 6.29. The number of carbonyl (C=O) groups is 2. The highest BCUT2D eigenvalue weighted by Crippen LogP contribution is 2.22. The lowest BCUT2D eigenvalue weighted by atomic mass is 10.4. The molecule has 0 aliphatic carbocycles. The van der Waals surface area contributed by atoms with Crippen molar-refractivity contribution in [1.82, 2.24) is 9.88 Å². The molecule has 0 aliphatic rings. The van der Waals surface area contributed by atoms with E-state index in [1.54, 1.807) is 19.5 Å². The number of nitrogens with zero attached hydrogens (tertiary/aromatic N) is 2. The smallest absolute Gasteiger partial charge is 0.346 e. The third-order valence-corrected chi connectivity index (χ3v) is 4.37. The molecule has 2 heterocycles. The van der Waals surface area contributed by atoms with Gasteiger partial charge in [0.25, 0.3) is 0 Å². The van der Waals surface area contributed by atoms with Gasteiger partial charge in [-0.15, -0.1) is 22.7 Å². The predicted octanol–water partition coefficient (Wildman–Crippen LogP) is 2.11. The molecule has 0 aromatic carbocycles. The van der Waals surface area contributed by atoms with Crippen molar-refractivity contribution in [2.24, 2.45) is 0 Å². The van der Waals surface area contributed by atoms with Crippen molar-refractivity contribution in [2.45, 2.75) is 13.0 Å². The average Bonchev–Trinajstić information content (AvgIpc) is 3.05. The lowest BCUT2D eigenvalue weighted by Crippen LogP contribution is -2.23. The molecule has 1 amide bonds. The maximum atomic E-state index is 11.6. The quantitative estimate of drug-likeness (QED) is 0.879. The summed E-state index contributed by atoms with van der Waals surface area (Å²) in [7, 11) is 3.41. The molecule has 0 saturated heterocycles. The van der Waals surface area contributed by atoms with Gasteiger partial charge in [0, 0.05) is 30.9 Å². The largest absolute Gasteiger partial charge is 0.486 e. The van der Waals surface area contributed by atoms with Crippen molar-refractivity contribution in [2.75, 3.05) is 14.1 Å². The van der Waals surface area contributed by atoms with E-state index < -0.39 is 5.97 Å². The van der Waals surface area contributed by atoms with Gasteiger partial charge in [0.05, 0.1) is 12.1 Å². The molecule has 0 spiro atoms. The fourth-order valence-electron chi connectivity index (χ4n) is 1.45. The van der Waals surface area contributed by atoms with Crippen LogP contribution >= 0.6 is 22.7 Å². The van der Waals surface area contributed by atoms with Crippen LogP contribution in [0.5, 0.6) is 5.75 Å². The number of carbonyl (C=O) groups excluding carboxylic acids is 1. The zero-order chi connectivity index (χ0) is 15.4. The fourth-order valence-corrected chi connectivity index (χ4v) is 2.88. The zero-order valence-electron chi connectivity index (χ0n) is 11.5. The van der Waals surface area contributed by atoms with Crippen LogP contribution in [0.15, 0.2) is 16.8 Å². The van der Waals surface area contributed by atoms with E-state index in [-0.39, 0.29) is 23.8 Å². The molecule has 2 aromatic rings. The van der Waals surface area contributed by atoms with E-state index in [1.165, 1.54) is 22.3 Å². The number of aromatic nitrogens is 1. The van der Waals surface area contributed by atoms with Gasteiger partial charge in [-0.2, -0.15) is 0 Å². The van der Waals surface area contributed by atoms with Gasteiger partial charge < -0.3 is 14.7 Å². The minimum Gasteiger partial charge on any atom is -0.486 e. The van der Waals surface area contributed by atoms with Gasteiger partial charge in [0.2, 0.25) is 5.91 Å². The molecule has 0 saturated carbocycles. The summed E-state index contributed by atoms with van der Waals surface area (Å²) in [5, 5.41) is 13.0. The Bertz CT molecular complexity index is 648. The zero-order valence-corrected chi connectivity index (χ0v) is 13.2. The number of aromatic carboxylic acids is 1. The molecule has 6 nitrogen and oxygen atoms in total. The number of rotatable bonds is 6. The Morgan fingerprint density at radius 3 is 2.71 bits per heavy atom. The van der Waals surface area contributed by atoms with Crippen LogP contribution in [0.1, 0.15) is 20.4 Å². The van der Waals surface area contributed by atoms with Crippen molar-refractivity contribution >= 4 is 34.6 Å². The summed E-state index contributed by atoms with van der Waals surface area (Å²) >= 11 is 2.53. The van der Waals surface area contributed by atoms with Crippen molar-refractivity contribution in [3.05, 3.63) is 32.4 Å². The summed E-state index contributed by atoms with van der Waals surface area (Å²) in [5.74, 6) is -0.454. The van der Waals surface area contributed by atoms with E-state index >= 15 is 0 Å². The predicted molar refractivity (Wildman–Crippen MR) is 80.1 cm³/mol. The van der Waals surface area contributed by atoms with Gasteiger partial charge in [-0.05, 0) is 0 Å². The first-order valence-corrected chi connectivity index (χ1v) is 7.79. The van der Waals surface area contributed by atoms with Crippen LogP contribution in [0, 0.1) is 0 Å². The SMILES string of the molecule is CN(C)C(=O)Cc1nc(COc2csc(C(=O)O)c2)cs1. The van der Waals surface area contributed by atoms with E-state index in [4.69, 9.17) is 9.84 Å². The first-order valence-electron chi connectivity index (χ1n) is 6.03. The molecule has 2 aromatic heterocycles. The molecule has 0 atom stereocenters. The van der Waals surface area contributed by atoms with E-state index in [1.807, 2.05) is 5.38 Å². The summed E-state index contributed by atoms with van der Waals surface area (Å²) in [6.07, 6.45) is 0.277. The summed E-state index contributed by atoms with van der Waals surface area (Å²) in [5.41, 5.74) is 0.727. The number of carboxylic acids is 1. The summed E-state index contributed by atoms with van der Waals surface area (Å²) < 4.78 is 5.48. The van der Waals surface area contributed by atoms with Gasteiger partial charge in [-0.25, -0.2) is 9.78 Å². The Labute approximate surface area is 129 Å². The molecular formula is C13H14N2O4S2. The molecule has 1 N–H and O–H groups in total. The van der Waals surface area contributed by atoms with Crippen LogP contribution in [-0.2, 0) is 17.8 Å². The van der Waals surface area contributed by atoms with Gasteiger partial charge in [0.1, 0.15) is 22.2 Å². The number of hydrogen-bond donors (Lipinski definition) is 1. The Kier molecular flexibility index (Phi) is 4.92. The van der Waals surface area contributed by atoms with E-state index in [2.05, 4.69) is 4.98 Å². The molecule has 0 radical (unpaired) electrons. The van der Waals surface area contributed by atoms with E-state index in [9.17, 15) is 9.59 Å². The number of likely N-dealkylation sites (N-methyl/N-ethyl adjacent to an activating group) is 1. The Morgan fingerprint density at radius 1 is 1.33 bits per heavy atom. The maximum absolute atomic E-state index is 11.6. The molecule has 112 valence electrons. The molecule has 21 heavy (non-hydrogen) atoms. The Hall–Kier alpha value is -1.93. The lowest BCUT2D eigenvalue weighted by Gasteiger charge is -2.07. The number of thiazole rings is 1. The number of ether oxygens (including phenoxy) is 1. The number of amides is 1. The Morgan fingerprint density at radius 2 is 2.10 bits per heavy atom. The highest BCUT2D eigenvalue weighted by atomic mass is 32.1. The highest BCUT2D eigenvalue weighted by molar-refractivity contribution is 7.12. The van der Waals surface area contributed by atoms with E-state index in [0.717, 1.165) is 22.0 Å². The van der Waals surface area contributed by atoms with Crippen LogP contribution in [0.2, 0.25) is 0 Å². The number of hydrogen-bond acceptors (Lipinski definition) is 6. The van der Waals surface area contributed by atoms with Crippen molar-refractivity contribution < 1.29 is 19.4 Å². The van der Waals surface area contributed by atoms with Crippen LogP contribution in [-0.4, -0.2) is 41.0 Å². The van der Waals surface area contributed by atoms with E-state index in [0.29, 0.717) is 5.75 Å². The van der Waals surface area contributed by atoms with Gasteiger partial charge in [-0.1, -0.05) is 0 Å².